The Balaban J connectivity index is 2.22. The molecule has 1 aliphatic carbocycles. The largest absolute Gasteiger partial charge is 0.290 e. The van der Waals surface area contributed by atoms with Gasteiger partial charge in [-0.25, -0.2) is 0 Å². The van der Waals surface area contributed by atoms with Crippen molar-refractivity contribution in [2.24, 2.45) is 4.99 Å². The van der Waals surface area contributed by atoms with Crippen molar-refractivity contribution in [3.05, 3.63) is 39.9 Å². The molecule has 19 heavy (non-hydrogen) atoms. The number of nitrogens with zero attached hydrogens (tertiary/aromatic N) is 2. The van der Waals surface area contributed by atoms with E-state index in [1.807, 2.05) is 0 Å². The van der Waals surface area contributed by atoms with Gasteiger partial charge >= 0.3 is 0 Å². The normalized spacial score (nSPS) is 17.2. The van der Waals surface area contributed by atoms with Crippen LogP contribution in [0.5, 0.6) is 0 Å². The highest BCUT2D eigenvalue weighted by atomic mass is 16.6. The Morgan fingerprint density at radius 3 is 2.74 bits per heavy atom. The fourth-order valence-corrected chi connectivity index (χ4v) is 2.33. The Hall–Kier alpha value is -1.95. The van der Waals surface area contributed by atoms with Gasteiger partial charge in [0.15, 0.2) is 5.84 Å². The second kappa shape index (κ2) is 6.29. The van der Waals surface area contributed by atoms with E-state index in [2.05, 4.69) is 10.5 Å². The van der Waals surface area contributed by atoms with E-state index in [0.29, 0.717) is 11.4 Å². The molecule has 0 bridgehead atoms. The van der Waals surface area contributed by atoms with Gasteiger partial charge in [-0.05, 0) is 12.8 Å². The number of benzene rings is 1. The van der Waals surface area contributed by atoms with Gasteiger partial charge in [0.1, 0.15) is 0 Å². The number of rotatable bonds is 3. The second-order valence-corrected chi connectivity index (χ2v) is 4.69. The van der Waals surface area contributed by atoms with Crippen molar-refractivity contribution >= 4 is 11.5 Å². The summed E-state index contributed by atoms with van der Waals surface area (Å²) in [6.45, 7) is 0. The molecular formula is C13H17N3O3. The van der Waals surface area contributed by atoms with Crippen LogP contribution < -0.4 is 5.48 Å². The van der Waals surface area contributed by atoms with E-state index in [1.165, 1.54) is 18.6 Å². The van der Waals surface area contributed by atoms with Crippen LogP contribution >= 0.6 is 0 Å². The number of amidine groups is 1. The van der Waals surface area contributed by atoms with Gasteiger partial charge in [0.2, 0.25) is 0 Å². The minimum Gasteiger partial charge on any atom is -0.290 e. The first-order valence-electron chi connectivity index (χ1n) is 6.43. The predicted octanol–water partition coefficient (Wildman–Crippen LogP) is 2.65. The van der Waals surface area contributed by atoms with Crippen LogP contribution in [0.4, 0.5) is 5.69 Å². The Morgan fingerprint density at radius 1 is 1.37 bits per heavy atom. The number of hydrogen-bond acceptors (Lipinski definition) is 4. The van der Waals surface area contributed by atoms with Crippen molar-refractivity contribution in [2.45, 2.75) is 38.1 Å². The molecule has 0 unspecified atom stereocenters. The number of nitro groups is 1. The summed E-state index contributed by atoms with van der Waals surface area (Å²) >= 11 is 0. The van der Waals surface area contributed by atoms with E-state index in [9.17, 15) is 15.3 Å². The van der Waals surface area contributed by atoms with Crippen LogP contribution in [0.1, 0.15) is 37.7 Å². The number of nitro benzene ring substituents is 1. The van der Waals surface area contributed by atoms with Gasteiger partial charge < -0.3 is 0 Å². The third-order valence-electron chi connectivity index (χ3n) is 3.32. The molecule has 0 saturated heterocycles. The third-order valence-corrected chi connectivity index (χ3v) is 3.32. The molecule has 1 saturated carbocycles. The summed E-state index contributed by atoms with van der Waals surface area (Å²) in [4.78, 5) is 14.7. The maximum atomic E-state index is 10.7. The lowest BCUT2D eigenvalue weighted by Gasteiger charge is -2.19. The van der Waals surface area contributed by atoms with Crippen LogP contribution in [-0.2, 0) is 0 Å². The molecular weight excluding hydrogens is 246 g/mol. The molecule has 0 spiro atoms. The molecule has 1 aromatic rings. The fourth-order valence-electron chi connectivity index (χ4n) is 2.33. The van der Waals surface area contributed by atoms with Crippen LogP contribution in [0, 0.1) is 10.1 Å². The first-order chi connectivity index (χ1) is 9.20. The number of non-ortho nitro benzene ring substituents is 1. The minimum atomic E-state index is -0.459. The Morgan fingerprint density at radius 2 is 2.11 bits per heavy atom. The van der Waals surface area contributed by atoms with Crippen molar-refractivity contribution in [2.75, 3.05) is 0 Å². The average molecular weight is 263 g/mol. The molecule has 0 atom stereocenters. The summed E-state index contributed by atoms with van der Waals surface area (Å²) in [6, 6.07) is 6.28. The fraction of sp³-hybridized carbons (Fsp3) is 0.462. The second-order valence-electron chi connectivity index (χ2n) is 4.69. The SMILES string of the molecule is O=[N+]([O-])c1cccc(C(=NC2CCCCC2)NO)c1. The van der Waals surface area contributed by atoms with E-state index in [0.717, 1.165) is 25.7 Å². The molecule has 1 aliphatic rings. The van der Waals surface area contributed by atoms with E-state index in [4.69, 9.17) is 0 Å². The zero-order valence-corrected chi connectivity index (χ0v) is 10.6. The Bertz CT molecular complexity index is 482. The van der Waals surface area contributed by atoms with Gasteiger partial charge in [0, 0.05) is 17.7 Å². The minimum absolute atomic E-state index is 0.0101. The quantitative estimate of drug-likeness (QED) is 0.380. The van der Waals surface area contributed by atoms with Crippen molar-refractivity contribution in [3.8, 4) is 0 Å². The number of hydrogen-bond donors (Lipinski definition) is 2. The summed E-state index contributed by atoms with van der Waals surface area (Å²) < 4.78 is 0. The Kier molecular flexibility index (Phi) is 4.46. The number of nitrogens with one attached hydrogen (secondary N) is 1. The van der Waals surface area contributed by atoms with Gasteiger partial charge in [-0.1, -0.05) is 31.4 Å². The highest BCUT2D eigenvalue weighted by molar-refractivity contribution is 5.98. The third kappa shape index (κ3) is 3.51. The maximum Gasteiger partial charge on any atom is 0.270 e. The van der Waals surface area contributed by atoms with E-state index in [-0.39, 0.29) is 11.7 Å². The predicted molar refractivity (Wildman–Crippen MR) is 71.4 cm³/mol. The summed E-state index contributed by atoms with van der Waals surface area (Å²) in [5.41, 5.74) is 2.58. The van der Waals surface area contributed by atoms with Crippen LogP contribution in [0.2, 0.25) is 0 Å². The first kappa shape index (κ1) is 13.5. The van der Waals surface area contributed by atoms with Gasteiger partial charge in [-0.2, -0.15) is 0 Å². The molecule has 0 aliphatic heterocycles. The van der Waals surface area contributed by atoms with E-state index < -0.39 is 4.92 Å². The van der Waals surface area contributed by atoms with Gasteiger partial charge in [0.25, 0.3) is 5.69 Å². The molecule has 0 amide bonds. The summed E-state index contributed by atoms with van der Waals surface area (Å²) in [5.74, 6) is 0.301. The lowest BCUT2D eigenvalue weighted by atomic mass is 9.96. The molecule has 6 heteroatoms. The first-order valence-corrected chi connectivity index (χ1v) is 6.43. The van der Waals surface area contributed by atoms with E-state index in [1.54, 1.807) is 12.1 Å². The lowest BCUT2D eigenvalue weighted by molar-refractivity contribution is -0.384. The van der Waals surface area contributed by atoms with Crippen LogP contribution in [0.25, 0.3) is 0 Å². The van der Waals surface area contributed by atoms with Crippen molar-refractivity contribution in [1.29, 1.82) is 0 Å². The Labute approximate surface area is 111 Å². The van der Waals surface area contributed by atoms with Crippen LogP contribution in [-0.4, -0.2) is 22.0 Å². The smallest absolute Gasteiger partial charge is 0.270 e. The van der Waals surface area contributed by atoms with Crippen molar-refractivity contribution in [3.63, 3.8) is 0 Å². The van der Waals surface area contributed by atoms with Gasteiger partial charge in [0.05, 0.1) is 11.0 Å². The summed E-state index contributed by atoms with van der Waals surface area (Å²) in [7, 11) is 0. The zero-order valence-electron chi connectivity index (χ0n) is 10.6. The van der Waals surface area contributed by atoms with E-state index >= 15 is 0 Å². The average Bonchev–Trinajstić information content (AvgIpc) is 2.46. The molecule has 0 radical (unpaired) electrons. The zero-order chi connectivity index (χ0) is 13.7. The molecule has 0 aromatic heterocycles. The molecule has 1 fully saturated rings. The monoisotopic (exact) mass is 263 g/mol. The molecule has 0 heterocycles. The highest BCUT2D eigenvalue weighted by Crippen LogP contribution is 2.21. The number of hydroxylamine groups is 1. The number of aliphatic imine (C=N–C) groups is 1. The van der Waals surface area contributed by atoms with Crippen LogP contribution in [0.15, 0.2) is 29.3 Å². The molecule has 2 N–H and O–H groups in total. The standard InChI is InChI=1S/C13H17N3O3/c17-15-13(14-11-6-2-1-3-7-11)10-5-4-8-12(9-10)16(18)19/h4-5,8-9,11,17H,1-3,6-7H2,(H,14,15). The van der Waals surface area contributed by atoms with Crippen LogP contribution in [0.3, 0.4) is 0 Å². The van der Waals surface area contributed by atoms with Crippen molar-refractivity contribution < 1.29 is 10.1 Å². The summed E-state index contributed by atoms with van der Waals surface area (Å²) in [6.07, 6.45) is 5.51. The topological polar surface area (TPSA) is 87.8 Å². The highest BCUT2D eigenvalue weighted by Gasteiger charge is 2.15. The lowest BCUT2D eigenvalue weighted by Crippen LogP contribution is -2.24. The molecule has 6 nitrogen and oxygen atoms in total. The van der Waals surface area contributed by atoms with Gasteiger partial charge in [-0.15, -0.1) is 0 Å². The summed E-state index contributed by atoms with van der Waals surface area (Å²) in [5, 5.41) is 19.9. The molecule has 2 rings (SSSR count). The van der Waals surface area contributed by atoms with Crippen molar-refractivity contribution in [1.82, 2.24) is 5.48 Å². The maximum absolute atomic E-state index is 10.7. The molecule has 102 valence electrons. The molecule has 1 aromatic carbocycles. The van der Waals surface area contributed by atoms with Gasteiger partial charge in [-0.3, -0.25) is 25.8 Å².